The molecule has 1 saturated heterocycles. The van der Waals surface area contributed by atoms with Gasteiger partial charge in [0.05, 0.1) is 0 Å². The molecule has 1 aliphatic heterocycles. The number of nitrogens with one attached hydrogen (secondary N) is 1. The van der Waals surface area contributed by atoms with E-state index in [2.05, 4.69) is 26.4 Å². The summed E-state index contributed by atoms with van der Waals surface area (Å²) in [5, 5.41) is 3.49. The summed E-state index contributed by atoms with van der Waals surface area (Å²) in [7, 11) is 2.39. The van der Waals surface area contributed by atoms with Gasteiger partial charge in [-0.2, -0.15) is 0 Å². The molecular weight excluding hydrogens is 133 g/mol. The SMILES string of the molecule is CC.CC(C)C1C[B]CCN1. The van der Waals surface area contributed by atoms with Crippen LogP contribution in [0.4, 0.5) is 0 Å². The van der Waals surface area contributed by atoms with Crippen molar-refractivity contribution in [3.8, 4) is 0 Å². The minimum atomic E-state index is 0.749. The van der Waals surface area contributed by atoms with E-state index in [1.807, 2.05) is 13.8 Å². The predicted molar refractivity (Wildman–Crippen MR) is 53.3 cm³/mol. The Kier molecular flexibility index (Phi) is 6.73. The summed E-state index contributed by atoms with van der Waals surface area (Å²) in [5.74, 6) is 0.793. The van der Waals surface area contributed by atoms with Gasteiger partial charge in [-0.1, -0.05) is 40.3 Å². The largest absolute Gasteiger partial charge is 0.315 e. The van der Waals surface area contributed by atoms with E-state index in [0.717, 1.165) is 12.0 Å². The van der Waals surface area contributed by atoms with E-state index in [9.17, 15) is 0 Å². The van der Waals surface area contributed by atoms with Gasteiger partial charge < -0.3 is 5.32 Å². The van der Waals surface area contributed by atoms with Crippen LogP contribution >= 0.6 is 0 Å². The van der Waals surface area contributed by atoms with Crippen LogP contribution in [0.1, 0.15) is 27.7 Å². The fourth-order valence-electron chi connectivity index (χ4n) is 1.26. The van der Waals surface area contributed by atoms with Crippen molar-refractivity contribution < 1.29 is 0 Å². The number of rotatable bonds is 1. The smallest absolute Gasteiger partial charge is 0.113 e. The van der Waals surface area contributed by atoms with Gasteiger partial charge in [-0.3, -0.25) is 0 Å². The molecular formula is C9H21BN. The fraction of sp³-hybridized carbons (Fsp3) is 1.00. The monoisotopic (exact) mass is 154 g/mol. The third-order valence-corrected chi connectivity index (χ3v) is 1.98. The summed E-state index contributed by atoms with van der Waals surface area (Å²) >= 11 is 0. The maximum Gasteiger partial charge on any atom is 0.113 e. The molecule has 1 unspecified atom stereocenters. The number of hydrogen-bond donors (Lipinski definition) is 1. The van der Waals surface area contributed by atoms with E-state index in [1.165, 1.54) is 19.2 Å². The molecule has 1 rings (SSSR count). The van der Waals surface area contributed by atoms with Crippen molar-refractivity contribution >= 4 is 7.28 Å². The molecule has 11 heavy (non-hydrogen) atoms. The van der Waals surface area contributed by atoms with Crippen molar-refractivity contribution in [2.24, 2.45) is 5.92 Å². The Morgan fingerprint density at radius 2 is 2.00 bits per heavy atom. The van der Waals surface area contributed by atoms with Gasteiger partial charge in [-0.25, -0.2) is 0 Å². The molecule has 1 heterocycles. The summed E-state index contributed by atoms with van der Waals surface area (Å²) in [4.78, 5) is 0. The first-order valence-corrected chi connectivity index (χ1v) is 4.86. The van der Waals surface area contributed by atoms with Crippen LogP contribution in [0.25, 0.3) is 0 Å². The first-order valence-electron chi connectivity index (χ1n) is 4.86. The summed E-state index contributed by atoms with van der Waals surface area (Å²) in [6.07, 6.45) is 2.51. The van der Waals surface area contributed by atoms with Crippen LogP contribution in [0, 0.1) is 5.92 Å². The summed E-state index contributed by atoms with van der Waals surface area (Å²) in [6, 6.07) is 0.749. The average Bonchev–Trinajstić information content (AvgIpc) is 2.10. The second-order valence-corrected chi connectivity index (χ2v) is 3.12. The first kappa shape index (κ1) is 11.0. The molecule has 0 amide bonds. The van der Waals surface area contributed by atoms with Crippen LogP contribution in [0.15, 0.2) is 0 Å². The third-order valence-electron chi connectivity index (χ3n) is 1.98. The molecule has 65 valence electrons. The Labute approximate surface area is 72.2 Å². The van der Waals surface area contributed by atoms with Gasteiger partial charge in [0, 0.05) is 6.04 Å². The van der Waals surface area contributed by atoms with Crippen LogP contribution < -0.4 is 5.32 Å². The van der Waals surface area contributed by atoms with Gasteiger partial charge in [0.2, 0.25) is 0 Å². The molecule has 2 heteroatoms. The molecule has 0 spiro atoms. The molecule has 0 aliphatic carbocycles. The molecule has 0 aromatic heterocycles. The van der Waals surface area contributed by atoms with Gasteiger partial charge in [-0.05, 0) is 12.5 Å². The van der Waals surface area contributed by atoms with Crippen molar-refractivity contribution in [2.75, 3.05) is 6.54 Å². The van der Waals surface area contributed by atoms with Crippen molar-refractivity contribution in [2.45, 2.75) is 46.4 Å². The molecule has 1 N–H and O–H groups in total. The van der Waals surface area contributed by atoms with E-state index in [0.29, 0.717) is 0 Å². The first-order chi connectivity index (χ1) is 5.30. The fourth-order valence-corrected chi connectivity index (χ4v) is 1.26. The predicted octanol–water partition coefficient (Wildman–Crippen LogP) is 2.18. The molecule has 0 aromatic carbocycles. The van der Waals surface area contributed by atoms with Crippen LogP contribution in [-0.2, 0) is 0 Å². The highest BCUT2D eigenvalue weighted by atomic mass is 14.9. The maximum absolute atomic E-state index is 3.49. The lowest BCUT2D eigenvalue weighted by Crippen LogP contribution is -2.39. The molecule has 1 atom stereocenters. The Morgan fingerprint density at radius 1 is 1.36 bits per heavy atom. The molecule has 1 aliphatic rings. The quantitative estimate of drug-likeness (QED) is 0.571. The minimum Gasteiger partial charge on any atom is -0.315 e. The van der Waals surface area contributed by atoms with Gasteiger partial charge in [0.1, 0.15) is 7.28 Å². The van der Waals surface area contributed by atoms with E-state index in [-0.39, 0.29) is 0 Å². The molecule has 1 nitrogen and oxygen atoms in total. The Hall–Kier alpha value is 0.0249. The zero-order valence-electron chi connectivity index (χ0n) is 8.35. The summed E-state index contributed by atoms with van der Waals surface area (Å²) < 4.78 is 0. The van der Waals surface area contributed by atoms with Crippen LogP contribution in [0.3, 0.4) is 0 Å². The lowest BCUT2D eigenvalue weighted by molar-refractivity contribution is 0.425. The summed E-state index contributed by atoms with van der Waals surface area (Å²) in [6.45, 7) is 9.73. The van der Waals surface area contributed by atoms with Gasteiger partial charge in [0.25, 0.3) is 0 Å². The molecule has 0 bridgehead atoms. The highest BCUT2D eigenvalue weighted by molar-refractivity contribution is 6.36. The van der Waals surface area contributed by atoms with Gasteiger partial charge in [0.15, 0.2) is 0 Å². The topological polar surface area (TPSA) is 12.0 Å². The summed E-state index contributed by atoms with van der Waals surface area (Å²) in [5.41, 5.74) is 0. The zero-order chi connectivity index (χ0) is 8.69. The van der Waals surface area contributed by atoms with E-state index < -0.39 is 0 Å². The highest BCUT2D eigenvalue weighted by Gasteiger charge is 2.15. The van der Waals surface area contributed by atoms with E-state index >= 15 is 0 Å². The van der Waals surface area contributed by atoms with Crippen LogP contribution in [0.2, 0.25) is 12.6 Å². The van der Waals surface area contributed by atoms with Crippen molar-refractivity contribution in [1.82, 2.24) is 5.32 Å². The standard InChI is InChI=1S/C7H15BN.C2H6/c1-6(2)7-5-8-3-4-9-7;1-2/h6-7,9H,3-5H2,1-2H3;1-2H3. The van der Waals surface area contributed by atoms with Gasteiger partial charge >= 0.3 is 0 Å². The highest BCUT2D eigenvalue weighted by Crippen LogP contribution is 2.10. The average molecular weight is 154 g/mol. The molecule has 1 fully saturated rings. The van der Waals surface area contributed by atoms with E-state index in [1.54, 1.807) is 0 Å². The zero-order valence-corrected chi connectivity index (χ0v) is 8.35. The lowest BCUT2D eigenvalue weighted by Gasteiger charge is -2.26. The minimum absolute atomic E-state index is 0.749. The maximum atomic E-state index is 3.49. The van der Waals surface area contributed by atoms with Crippen LogP contribution in [0.5, 0.6) is 0 Å². The van der Waals surface area contributed by atoms with Crippen molar-refractivity contribution in [3.05, 3.63) is 0 Å². The van der Waals surface area contributed by atoms with Crippen molar-refractivity contribution in [1.29, 1.82) is 0 Å². The Balaban J connectivity index is 0.000000461. The van der Waals surface area contributed by atoms with Crippen molar-refractivity contribution in [3.63, 3.8) is 0 Å². The van der Waals surface area contributed by atoms with Crippen LogP contribution in [-0.4, -0.2) is 19.9 Å². The molecule has 0 saturated carbocycles. The van der Waals surface area contributed by atoms with Gasteiger partial charge in [-0.15, -0.1) is 0 Å². The second kappa shape index (κ2) is 6.72. The molecule has 0 aromatic rings. The number of hydrogen-bond acceptors (Lipinski definition) is 1. The third kappa shape index (κ3) is 4.46. The van der Waals surface area contributed by atoms with E-state index in [4.69, 9.17) is 0 Å². The normalized spacial score (nSPS) is 23.5. The molecule has 1 radical (unpaired) electrons. The second-order valence-electron chi connectivity index (χ2n) is 3.12. The Bertz CT molecular complexity index is 77.6. The lowest BCUT2D eigenvalue weighted by atomic mass is 9.64. The Morgan fingerprint density at radius 3 is 2.27 bits per heavy atom.